The lowest BCUT2D eigenvalue weighted by atomic mass is 10.1. The zero-order valence-electron chi connectivity index (χ0n) is 14.4. The molecule has 0 aliphatic heterocycles. The van der Waals surface area contributed by atoms with Crippen molar-refractivity contribution in [1.82, 2.24) is 4.98 Å². The van der Waals surface area contributed by atoms with Crippen molar-refractivity contribution in [2.45, 2.75) is 19.8 Å². The largest absolute Gasteiger partial charge is 0.312 e. The van der Waals surface area contributed by atoms with Crippen LogP contribution in [0.1, 0.15) is 16.8 Å². The zero-order valence-corrected chi connectivity index (χ0v) is 14.4. The third kappa shape index (κ3) is 4.77. The van der Waals surface area contributed by atoms with Crippen molar-refractivity contribution in [1.29, 1.82) is 0 Å². The molecule has 0 aliphatic carbocycles. The molecule has 1 amide bonds. The van der Waals surface area contributed by atoms with E-state index in [-0.39, 0.29) is 5.91 Å². The van der Waals surface area contributed by atoms with Gasteiger partial charge in [0.15, 0.2) is 0 Å². The van der Waals surface area contributed by atoms with Gasteiger partial charge in [0, 0.05) is 24.1 Å². The third-order valence-corrected chi connectivity index (χ3v) is 4.16. The highest BCUT2D eigenvalue weighted by Crippen LogP contribution is 2.16. The number of pyridine rings is 1. The van der Waals surface area contributed by atoms with Gasteiger partial charge < -0.3 is 4.90 Å². The van der Waals surface area contributed by atoms with Gasteiger partial charge in [-0.05, 0) is 42.7 Å². The molecule has 1 heterocycles. The first-order chi connectivity index (χ1) is 12.2. The summed E-state index contributed by atoms with van der Waals surface area (Å²) in [6.45, 7) is 2.61. The lowest BCUT2D eigenvalue weighted by molar-refractivity contribution is -0.118. The smallest absolute Gasteiger partial charge is 0.231 e. The van der Waals surface area contributed by atoms with Crippen LogP contribution in [0.25, 0.3) is 0 Å². The highest BCUT2D eigenvalue weighted by Gasteiger charge is 2.16. The quantitative estimate of drug-likeness (QED) is 0.678. The monoisotopic (exact) mass is 330 g/mol. The molecule has 0 spiro atoms. The molecular weight excluding hydrogens is 308 g/mol. The van der Waals surface area contributed by atoms with E-state index in [1.54, 1.807) is 6.20 Å². The number of carbonyl (C=O) groups is 1. The Morgan fingerprint density at radius 3 is 2.20 bits per heavy atom. The average molecular weight is 330 g/mol. The summed E-state index contributed by atoms with van der Waals surface area (Å²) >= 11 is 0. The van der Waals surface area contributed by atoms with Crippen LogP contribution < -0.4 is 4.90 Å². The van der Waals surface area contributed by atoms with Gasteiger partial charge in [-0.1, -0.05) is 54.6 Å². The molecule has 0 unspecified atom stereocenters. The van der Waals surface area contributed by atoms with Crippen molar-refractivity contribution in [3.63, 3.8) is 0 Å². The van der Waals surface area contributed by atoms with Crippen molar-refractivity contribution >= 4 is 11.6 Å². The van der Waals surface area contributed by atoms with Crippen LogP contribution in [-0.2, 0) is 17.6 Å². The van der Waals surface area contributed by atoms with E-state index in [9.17, 15) is 4.79 Å². The van der Waals surface area contributed by atoms with Crippen LogP contribution in [0.5, 0.6) is 0 Å². The lowest BCUT2D eigenvalue weighted by Crippen LogP contribution is -2.34. The molecule has 25 heavy (non-hydrogen) atoms. The Balaban J connectivity index is 1.75. The van der Waals surface area contributed by atoms with Crippen molar-refractivity contribution in [2.75, 3.05) is 11.4 Å². The Labute approximate surface area is 149 Å². The number of hydrogen-bond donors (Lipinski definition) is 0. The topological polar surface area (TPSA) is 33.2 Å². The standard InChI is InChI=1S/C22H22N2O/c1-18-12-13-20(17-23-18)16-22(25)24(21-10-6-3-7-11-21)15-14-19-8-4-2-5-9-19/h2-13,17H,14-16H2,1H3. The first-order valence-corrected chi connectivity index (χ1v) is 8.53. The Morgan fingerprint density at radius 2 is 1.56 bits per heavy atom. The molecule has 2 aromatic carbocycles. The minimum Gasteiger partial charge on any atom is -0.312 e. The van der Waals surface area contributed by atoms with Crippen LogP contribution in [0.2, 0.25) is 0 Å². The Bertz CT molecular complexity index is 798. The van der Waals surface area contributed by atoms with Crippen molar-refractivity contribution in [3.05, 3.63) is 95.8 Å². The molecule has 0 radical (unpaired) electrons. The number of hydrogen-bond acceptors (Lipinski definition) is 2. The van der Waals surface area contributed by atoms with E-state index in [0.29, 0.717) is 13.0 Å². The first kappa shape index (κ1) is 16.9. The molecule has 0 aliphatic rings. The van der Waals surface area contributed by atoms with Crippen LogP contribution in [0.3, 0.4) is 0 Å². The average Bonchev–Trinajstić information content (AvgIpc) is 2.65. The fraction of sp³-hybridized carbons (Fsp3) is 0.182. The summed E-state index contributed by atoms with van der Waals surface area (Å²) in [4.78, 5) is 19.1. The SMILES string of the molecule is Cc1ccc(CC(=O)N(CCc2ccccc2)c2ccccc2)cn1. The van der Waals surface area contributed by atoms with Gasteiger partial charge in [0.1, 0.15) is 0 Å². The summed E-state index contributed by atoms with van der Waals surface area (Å²) in [6.07, 6.45) is 2.97. The number of benzene rings is 2. The molecular formula is C22H22N2O. The summed E-state index contributed by atoms with van der Waals surface area (Å²) in [5, 5.41) is 0. The van der Waals surface area contributed by atoms with Gasteiger partial charge >= 0.3 is 0 Å². The van der Waals surface area contributed by atoms with E-state index in [1.807, 2.05) is 72.5 Å². The molecule has 1 aromatic heterocycles. The molecule has 0 saturated carbocycles. The minimum atomic E-state index is 0.0905. The molecule has 0 N–H and O–H groups in total. The predicted octanol–water partition coefficient (Wildman–Crippen LogP) is 4.21. The van der Waals surface area contributed by atoms with Crippen molar-refractivity contribution in [3.8, 4) is 0 Å². The molecule has 0 bridgehead atoms. The van der Waals surface area contributed by atoms with Crippen molar-refractivity contribution < 1.29 is 4.79 Å². The number of anilines is 1. The highest BCUT2D eigenvalue weighted by molar-refractivity contribution is 5.94. The third-order valence-electron chi connectivity index (χ3n) is 4.16. The number of aryl methyl sites for hydroxylation is 1. The summed E-state index contributed by atoms with van der Waals surface area (Å²) in [6, 6.07) is 24.0. The van der Waals surface area contributed by atoms with Gasteiger partial charge in [-0.3, -0.25) is 9.78 Å². The molecule has 126 valence electrons. The number of amides is 1. The molecule has 3 rings (SSSR count). The summed E-state index contributed by atoms with van der Waals surface area (Å²) in [7, 11) is 0. The predicted molar refractivity (Wildman–Crippen MR) is 102 cm³/mol. The second-order valence-corrected chi connectivity index (χ2v) is 6.10. The van der Waals surface area contributed by atoms with E-state index in [1.165, 1.54) is 5.56 Å². The molecule has 3 aromatic rings. The summed E-state index contributed by atoms with van der Waals surface area (Å²) < 4.78 is 0. The van der Waals surface area contributed by atoms with Crippen LogP contribution in [0.4, 0.5) is 5.69 Å². The van der Waals surface area contributed by atoms with Gasteiger partial charge in [-0.15, -0.1) is 0 Å². The van der Waals surface area contributed by atoms with E-state index in [4.69, 9.17) is 0 Å². The number of carbonyl (C=O) groups excluding carboxylic acids is 1. The molecule has 3 heteroatoms. The molecule has 0 saturated heterocycles. The van der Waals surface area contributed by atoms with Crippen molar-refractivity contribution in [2.24, 2.45) is 0 Å². The maximum absolute atomic E-state index is 12.9. The number of rotatable bonds is 6. The fourth-order valence-corrected chi connectivity index (χ4v) is 2.76. The number of para-hydroxylation sites is 1. The van der Waals surface area contributed by atoms with E-state index in [2.05, 4.69) is 17.1 Å². The zero-order chi connectivity index (χ0) is 17.5. The second-order valence-electron chi connectivity index (χ2n) is 6.10. The van der Waals surface area contributed by atoms with Crippen LogP contribution in [-0.4, -0.2) is 17.4 Å². The Morgan fingerprint density at radius 1 is 0.880 bits per heavy atom. The van der Waals surface area contributed by atoms with Crippen LogP contribution >= 0.6 is 0 Å². The summed E-state index contributed by atoms with van der Waals surface area (Å²) in [5.41, 5.74) is 4.06. The lowest BCUT2D eigenvalue weighted by Gasteiger charge is -2.23. The normalized spacial score (nSPS) is 10.4. The van der Waals surface area contributed by atoms with Crippen LogP contribution in [0.15, 0.2) is 79.0 Å². The van der Waals surface area contributed by atoms with E-state index in [0.717, 1.165) is 23.4 Å². The van der Waals surface area contributed by atoms with Gasteiger partial charge in [-0.2, -0.15) is 0 Å². The highest BCUT2D eigenvalue weighted by atomic mass is 16.2. The number of nitrogens with zero attached hydrogens (tertiary/aromatic N) is 2. The molecule has 3 nitrogen and oxygen atoms in total. The van der Waals surface area contributed by atoms with Gasteiger partial charge in [0.05, 0.1) is 6.42 Å². The van der Waals surface area contributed by atoms with Gasteiger partial charge in [0.25, 0.3) is 0 Å². The fourth-order valence-electron chi connectivity index (χ4n) is 2.76. The van der Waals surface area contributed by atoms with E-state index >= 15 is 0 Å². The summed E-state index contributed by atoms with van der Waals surface area (Å²) in [5.74, 6) is 0.0905. The van der Waals surface area contributed by atoms with Gasteiger partial charge in [-0.25, -0.2) is 0 Å². The maximum Gasteiger partial charge on any atom is 0.231 e. The van der Waals surface area contributed by atoms with Crippen LogP contribution in [0, 0.1) is 6.92 Å². The Hall–Kier alpha value is -2.94. The second kappa shape index (κ2) is 8.25. The van der Waals surface area contributed by atoms with E-state index < -0.39 is 0 Å². The minimum absolute atomic E-state index is 0.0905. The maximum atomic E-state index is 12.9. The number of aromatic nitrogens is 1. The van der Waals surface area contributed by atoms with Gasteiger partial charge in [0.2, 0.25) is 5.91 Å². The molecule has 0 fully saturated rings. The Kier molecular flexibility index (Phi) is 5.57. The molecule has 0 atom stereocenters. The first-order valence-electron chi connectivity index (χ1n) is 8.53.